The van der Waals surface area contributed by atoms with Gasteiger partial charge in [0.2, 0.25) is 0 Å². The van der Waals surface area contributed by atoms with E-state index < -0.39 is 0 Å². The molecule has 1 unspecified atom stereocenters. The van der Waals surface area contributed by atoms with Crippen LogP contribution in [0.5, 0.6) is 5.75 Å². The summed E-state index contributed by atoms with van der Waals surface area (Å²) in [6.07, 6.45) is 8.13. The summed E-state index contributed by atoms with van der Waals surface area (Å²) in [5.74, 6) is 0.581. The van der Waals surface area contributed by atoms with Crippen molar-refractivity contribution in [3.63, 3.8) is 0 Å². The molecule has 1 aliphatic heterocycles. The molecule has 0 radical (unpaired) electrons. The third-order valence-corrected chi connectivity index (χ3v) is 7.03. The molecule has 0 aliphatic carbocycles. The number of fused-ring (bicyclic) bond motifs is 1. The second-order valence-corrected chi connectivity index (χ2v) is 8.97. The number of aromatic nitrogens is 2. The number of rotatable bonds is 7. The average Bonchev–Trinajstić information content (AvgIpc) is 3.56. The van der Waals surface area contributed by atoms with Crippen molar-refractivity contribution in [3.05, 3.63) is 89.9 Å². The van der Waals surface area contributed by atoms with Crippen molar-refractivity contribution in [2.45, 2.75) is 38.8 Å². The Morgan fingerprint density at radius 3 is 2.74 bits per heavy atom. The molecule has 180 valence electrons. The Kier molecular flexibility index (Phi) is 6.55. The van der Waals surface area contributed by atoms with Gasteiger partial charge in [0, 0.05) is 29.9 Å². The molecule has 0 N–H and O–H groups in total. The van der Waals surface area contributed by atoms with Crippen molar-refractivity contribution in [2.75, 3.05) is 20.3 Å². The zero-order valence-electron chi connectivity index (χ0n) is 20.5. The molecule has 6 nitrogen and oxygen atoms in total. The predicted molar refractivity (Wildman–Crippen MR) is 137 cm³/mol. The number of methoxy groups -OCH3 is 1. The van der Waals surface area contributed by atoms with E-state index in [9.17, 15) is 4.79 Å². The van der Waals surface area contributed by atoms with Gasteiger partial charge in [-0.3, -0.25) is 9.88 Å². The number of hydrogen-bond acceptors (Lipinski definition) is 5. The second kappa shape index (κ2) is 9.92. The standard InChI is InChI=1S/C29H31N3O3/c1-4-35-29(33)26-7-5-8-28-25(26)14-16-32(28)23-17-22(18-30-19-23)27-9-6-15-31(27)20(2)21-10-12-24(34-3)13-11-21/h5,7-8,10-14,16-20,27H,4,6,9,15H2,1-3H3/t20-,27?/m1/s1. The summed E-state index contributed by atoms with van der Waals surface area (Å²) < 4.78 is 12.7. The van der Waals surface area contributed by atoms with Gasteiger partial charge in [-0.2, -0.15) is 0 Å². The molecule has 6 heteroatoms. The van der Waals surface area contributed by atoms with E-state index in [-0.39, 0.29) is 12.0 Å². The van der Waals surface area contributed by atoms with E-state index in [1.807, 2.05) is 61.9 Å². The van der Waals surface area contributed by atoms with Gasteiger partial charge in [0.05, 0.1) is 36.7 Å². The van der Waals surface area contributed by atoms with E-state index in [1.54, 1.807) is 7.11 Å². The van der Waals surface area contributed by atoms with Gasteiger partial charge in [0.1, 0.15) is 5.75 Å². The van der Waals surface area contributed by atoms with Crippen molar-refractivity contribution in [2.24, 2.45) is 0 Å². The van der Waals surface area contributed by atoms with Crippen LogP contribution in [0.3, 0.4) is 0 Å². The van der Waals surface area contributed by atoms with E-state index in [2.05, 4.69) is 39.6 Å². The molecule has 3 heterocycles. The summed E-state index contributed by atoms with van der Waals surface area (Å²) in [5, 5.41) is 0.881. The first-order valence-corrected chi connectivity index (χ1v) is 12.2. The number of nitrogens with zero attached hydrogens (tertiary/aromatic N) is 3. The Morgan fingerprint density at radius 2 is 1.97 bits per heavy atom. The van der Waals surface area contributed by atoms with Gasteiger partial charge >= 0.3 is 5.97 Å². The highest BCUT2D eigenvalue weighted by Gasteiger charge is 2.31. The van der Waals surface area contributed by atoms with Crippen molar-refractivity contribution in [1.29, 1.82) is 0 Å². The maximum Gasteiger partial charge on any atom is 0.338 e. The minimum absolute atomic E-state index is 0.289. The van der Waals surface area contributed by atoms with Crippen LogP contribution in [-0.2, 0) is 4.74 Å². The summed E-state index contributed by atoms with van der Waals surface area (Å²) in [5.41, 5.74) is 5.03. The zero-order chi connectivity index (χ0) is 24.4. The van der Waals surface area contributed by atoms with Gasteiger partial charge in [-0.15, -0.1) is 0 Å². The number of carbonyl (C=O) groups is 1. The van der Waals surface area contributed by atoms with Gasteiger partial charge in [-0.25, -0.2) is 4.79 Å². The molecule has 1 saturated heterocycles. The van der Waals surface area contributed by atoms with Crippen molar-refractivity contribution in [3.8, 4) is 11.4 Å². The van der Waals surface area contributed by atoms with Crippen molar-refractivity contribution < 1.29 is 14.3 Å². The van der Waals surface area contributed by atoms with E-state index in [0.29, 0.717) is 18.2 Å². The second-order valence-electron chi connectivity index (χ2n) is 8.97. The molecule has 0 amide bonds. The third-order valence-electron chi connectivity index (χ3n) is 7.03. The SMILES string of the molecule is CCOC(=O)c1cccc2c1ccn2-c1cncc(C2CCCN2[C@H](C)c2ccc(OC)cc2)c1. The quantitative estimate of drug-likeness (QED) is 0.306. The van der Waals surface area contributed by atoms with Gasteiger partial charge in [-0.1, -0.05) is 18.2 Å². The van der Waals surface area contributed by atoms with Gasteiger partial charge < -0.3 is 14.0 Å². The highest BCUT2D eigenvalue weighted by molar-refractivity contribution is 6.04. The van der Waals surface area contributed by atoms with Gasteiger partial charge in [0.25, 0.3) is 0 Å². The number of ether oxygens (including phenoxy) is 2. The molecule has 0 spiro atoms. The molecule has 0 saturated carbocycles. The maximum atomic E-state index is 12.4. The lowest BCUT2D eigenvalue weighted by atomic mass is 10.0. The van der Waals surface area contributed by atoms with Crippen LogP contribution in [0.4, 0.5) is 0 Å². The molecule has 1 fully saturated rings. The van der Waals surface area contributed by atoms with Crippen LogP contribution in [0.1, 0.15) is 60.3 Å². The van der Waals surface area contributed by atoms with Crippen LogP contribution in [0.2, 0.25) is 0 Å². The number of benzene rings is 2. The van der Waals surface area contributed by atoms with E-state index in [1.165, 1.54) is 11.1 Å². The Labute approximate surface area is 206 Å². The van der Waals surface area contributed by atoms with E-state index >= 15 is 0 Å². The first-order chi connectivity index (χ1) is 17.1. The Balaban J connectivity index is 1.45. The average molecular weight is 470 g/mol. The number of pyridine rings is 1. The van der Waals surface area contributed by atoms with Crippen LogP contribution >= 0.6 is 0 Å². The lowest BCUT2D eigenvalue weighted by Crippen LogP contribution is -2.26. The molecule has 4 aromatic rings. The third kappa shape index (κ3) is 4.42. The minimum atomic E-state index is -0.295. The number of carbonyl (C=O) groups excluding carboxylic acids is 1. The summed E-state index contributed by atoms with van der Waals surface area (Å²) in [4.78, 5) is 19.6. The minimum Gasteiger partial charge on any atom is -0.497 e. The molecule has 2 aromatic carbocycles. The molecular formula is C29H31N3O3. The summed E-state index contributed by atoms with van der Waals surface area (Å²) in [6, 6.07) is 18.9. The van der Waals surface area contributed by atoms with Crippen LogP contribution < -0.4 is 4.74 Å². The van der Waals surface area contributed by atoms with E-state index in [4.69, 9.17) is 9.47 Å². The number of hydrogen-bond donors (Lipinski definition) is 0. The first-order valence-electron chi connectivity index (χ1n) is 12.2. The molecule has 2 atom stereocenters. The zero-order valence-corrected chi connectivity index (χ0v) is 20.5. The smallest absolute Gasteiger partial charge is 0.338 e. The highest BCUT2D eigenvalue weighted by atomic mass is 16.5. The lowest BCUT2D eigenvalue weighted by molar-refractivity contribution is 0.0528. The predicted octanol–water partition coefficient (Wildman–Crippen LogP) is 6.11. The van der Waals surface area contributed by atoms with Crippen molar-refractivity contribution >= 4 is 16.9 Å². The van der Waals surface area contributed by atoms with Crippen LogP contribution in [0.15, 0.2) is 73.2 Å². The molecule has 2 aromatic heterocycles. The molecule has 5 rings (SSSR count). The lowest BCUT2D eigenvalue weighted by Gasteiger charge is -2.31. The molecular weight excluding hydrogens is 438 g/mol. The first kappa shape index (κ1) is 23.1. The van der Waals surface area contributed by atoms with Gasteiger partial charge in [0.15, 0.2) is 0 Å². The van der Waals surface area contributed by atoms with Gasteiger partial charge in [-0.05, 0) is 80.8 Å². The van der Waals surface area contributed by atoms with Crippen molar-refractivity contribution in [1.82, 2.24) is 14.5 Å². The number of likely N-dealkylation sites (tertiary alicyclic amines) is 1. The van der Waals surface area contributed by atoms with Crippen LogP contribution in [-0.4, -0.2) is 40.7 Å². The Hall–Kier alpha value is -3.64. The number of esters is 1. The summed E-state index contributed by atoms with van der Waals surface area (Å²) in [7, 11) is 1.69. The molecule has 1 aliphatic rings. The molecule has 0 bridgehead atoms. The fourth-order valence-electron chi connectivity index (χ4n) is 5.22. The summed E-state index contributed by atoms with van der Waals surface area (Å²) in [6.45, 7) is 5.50. The van der Waals surface area contributed by atoms with Crippen LogP contribution in [0.25, 0.3) is 16.6 Å². The topological polar surface area (TPSA) is 56.6 Å². The monoisotopic (exact) mass is 469 g/mol. The Bertz CT molecular complexity index is 1330. The fraction of sp³-hybridized carbons (Fsp3) is 0.310. The Morgan fingerprint density at radius 1 is 1.14 bits per heavy atom. The maximum absolute atomic E-state index is 12.4. The normalized spacial score (nSPS) is 16.9. The van der Waals surface area contributed by atoms with Crippen LogP contribution in [0, 0.1) is 0 Å². The highest BCUT2D eigenvalue weighted by Crippen LogP contribution is 2.39. The molecule has 35 heavy (non-hydrogen) atoms. The fourth-order valence-corrected chi connectivity index (χ4v) is 5.22. The summed E-state index contributed by atoms with van der Waals surface area (Å²) >= 11 is 0. The van der Waals surface area contributed by atoms with E-state index in [0.717, 1.165) is 41.7 Å². The largest absolute Gasteiger partial charge is 0.497 e.